The first-order valence-corrected chi connectivity index (χ1v) is 10.8. The minimum absolute atomic E-state index is 0.144. The van der Waals surface area contributed by atoms with Crippen molar-refractivity contribution in [2.45, 2.75) is 43.3 Å². The third-order valence-corrected chi connectivity index (χ3v) is 6.11. The molecular formula is C22H25N5O3S. The molecule has 0 aliphatic rings. The normalized spacial score (nSPS) is 12.0. The lowest BCUT2D eigenvalue weighted by Gasteiger charge is -2.23. The van der Waals surface area contributed by atoms with Crippen molar-refractivity contribution in [3.63, 3.8) is 0 Å². The summed E-state index contributed by atoms with van der Waals surface area (Å²) in [5.41, 5.74) is 2.33. The topological polar surface area (TPSA) is 103 Å². The number of nitrogens with one attached hydrogen (secondary N) is 1. The smallest absolute Gasteiger partial charge is 0.284 e. The van der Waals surface area contributed by atoms with Crippen molar-refractivity contribution in [3.8, 4) is 0 Å². The van der Waals surface area contributed by atoms with Crippen LogP contribution in [-0.4, -0.2) is 25.6 Å². The summed E-state index contributed by atoms with van der Waals surface area (Å²) in [7, 11) is 1.76. The number of hydrogen-bond donors (Lipinski definition) is 1. The Morgan fingerprint density at radius 3 is 2.48 bits per heavy atom. The number of nitro benzene ring substituents is 1. The van der Waals surface area contributed by atoms with Crippen LogP contribution in [0.25, 0.3) is 0 Å². The molecule has 1 N–H and O–H groups in total. The number of nitrogens with zero attached hydrogens (tertiary/aromatic N) is 4. The Hall–Kier alpha value is -3.20. The maximum Gasteiger partial charge on any atom is 0.284 e. The fraction of sp³-hybridized carbons (Fsp3) is 0.318. The minimum atomic E-state index is -0.487. The number of benzene rings is 2. The Morgan fingerprint density at radius 1 is 1.23 bits per heavy atom. The zero-order valence-corrected chi connectivity index (χ0v) is 18.7. The summed E-state index contributed by atoms with van der Waals surface area (Å²) < 4.78 is 1.67. The van der Waals surface area contributed by atoms with Gasteiger partial charge in [-0.2, -0.15) is 0 Å². The molecule has 8 nitrogen and oxygen atoms in total. The van der Waals surface area contributed by atoms with E-state index >= 15 is 0 Å². The van der Waals surface area contributed by atoms with Crippen LogP contribution in [0.4, 0.5) is 5.69 Å². The van der Waals surface area contributed by atoms with Gasteiger partial charge in [-0.25, -0.2) is 0 Å². The predicted molar refractivity (Wildman–Crippen MR) is 119 cm³/mol. The molecule has 3 aromatic rings. The molecule has 1 atom stereocenters. The van der Waals surface area contributed by atoms with Gasteiger partial charge in [-0.05, 0) is 47.4 Å². The van der Waals surface area contributed by atoms with Crippen molar-refractivity contribution in [3.05, 3.63) is 75.6 Å². The summed E-state index contributed by atoms with van der Waals surface area (Å²) in [4.78, 5) is 24.5. The molecule has 0 fully saturated rings. The van der Waals surface area contributed by atoms with Gasteiger partial charge in [0.15, 0.2) is 5.16 Å². The number of aryl methyl sites for hydroxylation is 2. The fourth-order valence-electron chi connectivity index (χ4n) is 3.17. The highest BCUT2D eigenvalue weighted by molar-refractivity contribution is 7.99. The Bertz CT molecular complexity index is 1080. The molecule has 0 spiro atoms. The molecule has 0 bridgehead atoms. The van der Waals surface area contributed by atoms with Gasteiger partial charge in [0.2, 0.25) is 0 Å². The minimum Gasteiger partial charge on any atom is -0.345 e. The van der Waals surface area contributed by atoms with Gasteiger partial charge in [0.25, 0.3) is 11.6 Å². The Kier molecular flexibility index (Phi) is 7.06. The maximum atomic E-state index is 12.9. The largest absolute Gasteiger partial charge is 0.345 e. The summed E-state index contributed by atoms with van der Waals surface area (Å²) in [6.45, 7) is 6.15. The molecule has 2 aromatic carbocycles. The fourth-order valence-corrected chi connectivity index (χ4v) is 4.02. The lowest BCUT2D eigenvalue weighted by Crippen LogP contribution is -2.31. The van der Waals surface area contributed by atoms with Crippen molar-refractivity contribution in [2.75, 3.05) is 0 Å². The van der Waals surface area contributed by atoms with Crippen LogP contribution in [0.5, 0.6) is 0 Å². The van der Waals surface area contributed by atoms with E-state index in [1.165, 1.54) is 18.0 Å². The third-order valence-electron chi connectivity index (χ3n) is 4.99. The first-order valence-electron chi connectivity index (χ1n) is 10.00. The zero-order valence-electron chi connectivity index (χ0n) is 17.9. The second kappa shape index (κ2) is 9.74. The molecule has 0 aliphatic carbocycles. The number of amides is 1. The standard InChI is InChI=1S/C22H25N5O3S/c1-5-15-6-8-16(9-7-15)20(14(2)3)24-21(28)17-10-11-19(18(12-17)27(29)30)31-22-25-23-13-26(22)4/h6-14,20H,5H2,1-4H3,(H,24,28). The molecule has 3 rings (SSSR count). The number of carbonyl (C=O) groups excluding carboxylic acids is 1. The molecule has 0 saturated heterocycles. The maximum absolute atomic E-state index is 12.9. The van der Waals surface area contributed by atoms with Gasteiger partial charge < -0.3 is 9.88 Å². The van der Waals surface area contributed by atoms with Crippen molar-refractivity contribution in [1.29, 1.82) is 0 Å². The number of aromatic nitrogens is 3. The SMILES string of the molecule is CCc1ccc(C(NC(=O)c2ccc(Sc3nncn3C)c([N+](=O)[O-])c2)C(C)C)cc1. The van der Waals surface area contributed by atoms with Gasteiger partial charge in [0.1, 0.15) is 6.33 Å². The predicted octanol–water partition coefficient (Wildman–Crippen LogP) is 4.56. The molecule has 162 valence electrons. The molecule has 0 saturated carbocycles. The molecule has 1 unspecified atom stereocenters. The van der Waals surface area contributed by atoms with Crippen molar-refractivity contribution in [2.24, 2.45) is 13.0 Å². The molecule has 1 heterocycles. The van der Waals surface area contributed by atoms with Crippen LogP contribution in [0.2, 0.25) is 0 Å². The Morgan fingerprint density at radius 2 is 1.94 bits per heavy atom. The van der Waals surface area contributed by atoms with Gasteiger partial charge in [-0.3, -0.25) is 14.9 Å². The second-order valence-electron chi connectivity index (χ2n) is 7.56. The average Bonchev–Trinajstić information content (AvgIpc) is 3.16. The van der Waals surface area contributed by atoms with Crippen LogP contribution >= 0.6 is 11.8 Å². The summed E-state index contributed by atoms with van der Waals surface area (Å²) in [5.74, 6) is -0.200. The monoisotopic (exact) mass is 439 g/mol. The van der Waals surface area contributed by atoms with Gasteiger partial charge in [0.05, 0.1) is 15.9 Å². The number of hydrogen-bond acceptors (Lipinski definition) is 6. The lowest BCUT2D eigenvalue weighted by molar-refractivity contribution is -0.387. The van der Waals surface area contributed by atoms with Crippen LogP contribution in [-0.2, 0) is 13.5 Å². The zero-order chi connectivity index (χ0) is 22.5. The van der Waals surface area contributed by atoms with E-state index in [0.29, 0.717) is 10.1 Å². The average molecular weight is 440 g/mol. The molecule has 0 radical (unpaired) electrons. The van der Waals surface area contributed by atoms with E-state index in [1.807, 2.05) is 26.0 Å². The molecule has 9 heteroatoms. The number of rotatable bonds is 8. The van der Waals surface area contributed by atoms with Crippen molar-refractivity contribution in [1.82, 2.24) is 20.1 Å². The lowest BCUT2D eigenvalue weighted by atomic mass is 9.94. The molecular weight excluding hydrogens is 414 g/mol. The van der Waals surface area contributed by atoms with E-state index in [4.69, 9.17) is 0 Å². The highest BCUT2D eigenvalue weighted by Gasteiger charge is 2.23. The van der Waals surface area contributed by atoms with Crippen LogP contribution < -0.4 is 5.32 Å². The second-order valence-corrected chi connectivity index (χ2v) is 8.57. The molecule has 31 heavy (non-hydrogen) atoms. The highest BCUT2D eigenvalue weighted by Crippen LogP contribution is 2.34. The van der Waals surface area contributed by atoms with Crippen molar-refractivity contribution < 1.29 is 9.72 Å². The van der Waals surface area contributed by atoms with Gasteiger partial charge in [0, 0.05) is 18.7 Å². The Balaban J connectivity index is 1.84. The van der Waals surface area contributed by atoms with E-state index in [0.717, 1.165) is 23.7 Å². The Labute approximate surface area is 185 Å². The third kappa shape index (κ3) is 5.29. The molecule has 0 aliphatic heterocycles. The summed E-state index contributed by atoms with van der Waals surface area (Å²) in [6, 6.07) is 12.4. The van der Waals surface area contributed by atoms with Crippen LogP contribution in [0.1, 0.15) is 48.3 Å². The molecule has 1 aromatic heterocycles. The van der Waals surface area contributed by atoms with Gasteiger partial charge in [-0.1, -0.05) is 45.0 Å². The molecule has 1 amide bonds. The summed E-state index contributed by atoms with van der Waals surface area (Å²) >= 11 is 1.13. The summed E-state index contributed by atoms with van der Waals surface area (Å²) in [5, 5.41) is 22.9. The van der Waals surface area contributed by atoms with E-state index in [-0.39, 0.29) is 29.1 Å². The van der Waals surface area contributed by atoms with Gasteiger partial charge in [-0.15, -0.1) is 10.2 Å². The van der Waals surface area contributed by atoms with Gasteiger partial charge >= 0.3 is 0 Å². The van der Waals surface area contributed by atoms with Crippen LogP contribution in [0, 0.1) is 16.0 Å². The van der Waals surface area contributed by atoms with E-state index in [1.54, 1.807) is 23.7 Å². The van der Waals surface area contributed by atoms with Crippen molar-refractivity contribution >= 4 is 23.4 Å². The van der Waals surface area contributed by atoms with E-state index in [9.17, 15) is 14.9 Å². The first kappa shape index (κ1) is 22.5. The van der Waals surface area contributed by atoms with E-state index < -0.39 is 4.92 Å². The highest BCUT2D eigenvalue weighted by atomic mass is 32.2. The van der Waals surface area contributed by atoms with Crippen LogP contribution in [0.3, 0.4) is 0 Å². The quantitative estimate of drug-likeness (QED) is 0.408. The number of nitro groups is 1. The van der Waals surface area contributed by atoms with Crippen LogP contribution in [0.15, 0.2) is 58.8 Å². The number of carbonyl (C=O) groups is 1. The van der Waals surface area contributed by atoms with E-state index in [2.05, 4.69) is 34.6 Å². The summed E-state index contributed by atoms with van der Waals surface area (Å²) in [6.07, 6.45) is 2.47. The first-order chi connectivity index (χ1) is 14.8.